The van der Waals surface area contributed by atoms with Gasteiger partial charge in [-0.15, -0.1) is 0 Å². The van der Waals surface area contributed by atoms with Crippen molar-refractivity contribution in [3.05, 3.63) is 59.0 Å². The summed E-state index contributed by atoms with van der Waals surface area (Å²) in [5, 5.41) is 0. The van der Waals surface area contributed by atoms with Crippen LogP contribution in [0, 0.1) is 12.7 Å². The Morgan fingerprint density at radius 2 is 2.20 bits per heavy atom. The fraction of sp³-hybridized carbons (Fsp3) is 0.267. The van der Waals surface area contributed by atoms with Gasteiger partial charge in [-0.05, 0) is 42.7 Å². The third-order valence-corrected chi connectivity index (χ3v) is 3.31. The minimum absolute atomic E-state index is 0.195. The maximum Gasteiger partial charge on any atom is 0.217 e. The third kappa shape index (κ3) is 3.12. The lowest BCUT2D eigenvalue weighted by atomic mass is 9.97. The highest BCUT2D eigenvalue weighted by Crippen LogP contribution is 2.26. The van der Waals surface area contributed by atoms with Crippen LogP contribution in [0.15, 0.2) is 36.5 Å². The summed E-state index contributed by atoms with van der Waals surface area (Å²) in [6.07, 6.45) is 2.21. The summed E-state index contributed by atoms with van der Waals surface area (Å²) in [5.41, 5.74) is 5.52. The van der Waals surface area contributed by atoms with Crippen molar-refractivity contribution in [3.8, 4) is 5.88 Å². The van der Waals surface area contributed by atoms with Crippen LogP contribution in [0.1, 0.15) is 22.7 Å². The Bertz CT molecular complexity index is 589. The number of nitrogens with one attached hydrogen (secondary N) is 1. The molecule has 0 bridgehead atoms. The fourth-order valence-corrected chi connectivity index (χ4v) is 2.18. The number of ether oxygens (including phenoxy) is 1. The summed E-state index contributed by atoms with van der Waals surface area (Å²) >= 11 is 0. The molecule has 1 aromatic carbocycles. The van der Waals surface area contributed by atoms with Crippen molar-refractivity contribution in [2.24, 2.45) is 5.84 Å². The summed E-state index contributed by atoms with van der Waals surface area (Å²) in [7, 11) is 1.56. The Morgan fingerprint density at radius 1 is 1.40 bits per heavy atom. The summed E-state index contributed by atoms with van der Waals surface area (Å²) in [4.78, 5) is 4.16. The molecule has 0 aliphatic carbocycles. The number of rotatable bonds is 5. The van der Waals surface area contributed by atoms with Gasteiger partial charge in [-0.2, -0.15) is 0 Å². The molecule has 3 N–H and O–H groups in total. The second-order valence-electron chi connectivity index (χ2n) is 4.60. The summed E-state index contributed by atoms with van der Waals surface area (Å²) in [5.74, 6) is 5.90. The van der Waals surface area contributed by atoms with Crippen LogP contribution in [0.25, 0.3) is 0 Å². The molecule has 0 saturated carbocycles. The molecular weight excluding hydrogens is 257 g/mol. The normalized spacial score (nSPS) is 12.2. The highest BCUT2D eigenvalue weighted by atomic mass is 19.1. The zero-order chi connectivity index (χ0) is 14.5. The molecule has 2 aromatic rings. The number of hydrazine groups is 1. The number of benzene rings is 1. The molecule has 0 spiro atoms. The number of halogens is 1. The van der Waals surface area contributed by atoms with Crippen molar-refractivity contribution >= 4 is 0 Å². The number of aromatic nitrogens is 1. The van der Waals surface area contributed by atoms with Crippen molar-refractivity contribution in [3.63, 3.8) is 0 Å². The van der Waals surface area contributed by atoms with Crippen LogP contribution >= 0.6 is 0 Å². The zero-order valence-corrected chi connectivity index (χ0v) is 11.6. The minimum atomic E-state index is -0.250. The average Bonchev–Trinajstić information content (AvgIpc) is 2.48. The maximum atomic E-state index is 13.4. The van der Waals surface area contributed by atoms with Crippen LogP contribution in [0.5, 0.6) is 5.88 Å². The summed E-state index contributed by atoms with van der Waals surface area (Å²) < 4.78 is 18.6. The van der Waals surface area contributed by atoms with Crippen molar-refractivity contribution < 1.29 is 9.13 Å². The first-order valence-corrected chi connectivity index (χ1v) is 6.35. The monoisotopic (exact) mass is 275 g/mol. The lowest BCUT2D eigenvalue weighted by Gasteiger charge is -2.19. The highest BCUT2D eigenvalue weighted by Gasteiger charge is 2.17. The molecule has 5 heteroatoms. The van der Waals surface area contributed by atoms with E-state index >= 15 is 0 Å². The number of nitrogens with zero attached hydrogens (tertiary/aromatic N) is 1. The Labute approximate surface area is 117 Å². The minimum Gasteiger partial charge on any atom is -0.481 e. The molecule has 1 aromatic heterocycles. The van der Waals surface area contributed by atoms with Gasteiger partial charge in [0.15, 0.2) is 0 Å². The Morgan fingerprint density at radius 3 is 2.90 bits per heavy atom. The van der Waals surface area contributed by atoms with Crippen LogP contribution in [0.2, 0.25) is 0 Å². The van der Waals surface area contributed by atoms with E-state index in [1.807, 2.05) is 19.1 Å². The molecule has 4 nitrogen and oxygen atoms in total. The van der Waals surface area contributed by atoms with Crippen molar-refractivity contribution in [2.45, 2.75) is 19.4 Å². The SMILES string of the molecule is COc1ncccc1C(Cc1cc(F)ccc1C)NN. The van der Waals surface area contributed by atoms with E-state index < -0.39 is 0 Å². The number of nitrogens with two attached hydrogens (primary N) is 1. The van der Waals surface area contributed by atoms with Crippen LogP contribution < -0.4 is 16.0 Å². The van der Waals surface area contributed by atoms with Crippen molar-refractivity contribution in [2.75, 3.05) is 7.11 Å². The van der Waals surface area contributed by atoms with Gasteiger partial charge in [0, 0.05) is 11.8 Å². The van der Waals surface area contributed by atoms with Gasteiger partial charge in [-0.25, -0.2) is 9.37 Å². The van der Waals surface area contributed by atoms with Crippen LogP contribution in [-0.4, -0.2) is 12.1 Å². The van der Waals surface area contributed by atoms with E-state index in [-0.39, 0.29) is 11.9 Å². The van der Waals surface area contributed by atoms with Gasteiger partial charge in [-0.3, -0.25) is 11.3 Å². The summed E-state index contributed by atoms with van der Waals surface area (Å²) in [6, 6.07) is 8.26. The van der Waals surface area contributed by atoms with Gasteiger partial charge < -0.3 is 4.74 Å². The average molecular weight is 275 g/mol. The van der Waals surface area contributed by atoms with Gasteiger partial charge >= 0.3 is 0 Å². The first-order valence-electron chi connectivity index (χ1n) is 6.35. The first kappa shape index (κ1) is 14.4. The molecule has 0 amide bonds. The molecule has 106 valence electrons. The van der Waals surface area contributed by atoms with Gasteiger partial charge in [0.2, 0.25) is 5.88 Å². The molecule has 0 saturated heterocycles. The van der Waals surface area contributed by atoms with E-state index in [2.05, 4.69) is 10.4 Å². The highest BCUT2D eigenvalue weighted by molar-refractivity contribution is 5.33. The van der Waals surface area contributed by atoms with Crippen LogP contribution in [0.4, 0.5) is 4.39 Å². The van der Waals surface area contributed by atoms with E-state index in [0.29, 0.717) is 12.3 Å². The van der Waals surface area contributed by atoms with E-state index in [1.54, 1.807) is 19.4 Å². The van der Waals surface area contributed by atoms with Crippen LogP contribution in [0.3, 0.4) is 0 Å². The molecule has 1 unspecified atom stereocenters. The fourth-order valence-electron chi connectivity index (χ4n) is 2.18. The molecule has 0 aliphatic heterocycles. The van der Waals surface area contributed by atoms with E-state index in [4.69, 9.17) is 10.6 Å². The van der Waals surface area contributed by atoms with E-state index in [1.165, 1.54) is 12.1 Å². The predicted molar refractivity (Wildman–Crippen MR) is 75.7 cm³/mol. The molecule has 0 aliphatic rings. The standard InChI is InChI=1S/C15H18FN3O/c1-10-5-6-12(16)8-11(10)9-14(19-17)13-4-3-7-18-15(13)20-2/h3-8,14,19H,9,17H2,1-2H3. The van der Waals surface area contributed by atoms with Crippen LogP contribution in [-0.2, 0) is 6.42 Å². The number of methoxy groups -OCH3 is 1. The van der Waals surface area contributed by atoms with E-state index in [9.17, 15) is 4.39 Å². The number of hydrogen-bond donors (Lipinski definition) is 2. The Balaban J connectivity index is 2.31. The quantitative estimate of drug-likeness (QED) is 0.649. The second-order valence-corrected chi connectivity index (χ2v) is 4.60. The maximum absolute atomic E-state index is 13.4. The van der Waals surface area contributed by atoms with Gasteiger partial charge in [0.05, 0.1) is 13.2 Å². The lowest BCUT2D eigenvalue weighted by molar-refractivity contribution is 0.382. The smallest absolute Gasteiger partial charge is 0.217 e. The molecule has 0 fully saturated rings. The largest absolute Gasteiger partial charge is 0.481 e. The Hall–Kier alpha value is -1.98. The number of hydrogen-bond acceptors (Lipinski definition) is 4. The molecular formula is C15H18FN3O. The lowest BCUT2D eigenvalue weighted by Crippen LogP contribution is -2.30. The predicted octanol–water partition coefficient (Wildman–Crippen LogP) is 2.28. The first-order chi connectivity index (χ1) is 9.65. The third-order valence-electron chi connectivity index (χ3n) is 3.31. The van der Waals surface area contributed by atoms with Crippen molar-refractivity contribution in [1.82, 2.24) is 10.4 Å². The molecule has 1 heterocycles. The molecule has 2 rings (SSSR count). The number of pyridine rings is 1. The van der Waals surface area contributed by atoms with Gasteiger partial charge in [-0.1, -0.05) is 12.1 Å². The molecule has 1 atom stereocenters. The van der Waals surface area contributed by atoms with E-state index in [0.717, 1.165) is 16.7 Å². The Kier molecular flexibility index (Phi) is 4.65. The zero-order valence-electron chi connectivity index (χ0n) is 11.6. The number of aryl methyl sites for hydroxylation is 1. The molecule has 0 radical (unpaired) electrons. The van der Waals surface area contributed by atoms with Gasteiger partial charge in [0.25, 0.3) is 0 Å². The van der Waals surface area contributed by atoms with Crippen molar-refractivity contribution in [1.29, 1.82) is 0 Å². The van der Waals surface area contributed by atoms with Gasteiger partial charge in [0.1, 0.15) is 5.82 Å². The molecule has 20 heavy (non-hydrogen) atoms. The second kappa shape index (κ2) is 6.45. The summed E-state index contributed by atoms with van der Waals surface area (Å²) in [6.45, 7) is 1.95. The topological polar surface area (TPSA) is 60.2 Å².